The van der Waals surface area contributed by atoms with E-state index >= 15 is 0 Å². The average molecular weight is 345 g/mol. The minimum atomic E-state index is -3.51. The first-order chi connectivity index (χ1) is 10.4. The standard InChI is InChI=1S/C13H13ClN2O5S/c14-10-3-1-2-9(4-10)8-22(19,20)15-5-11(6-15)16-12(17)7-21-13(16)18/h1-4,11H,5-8H2. The highest BCUT2D eigenvalue weighted by molar-refractivity contribution is 7.88. The molecule has 0 aliphatic carbocycles. The molecule has 118 valence electrons. The molecule has 0 unspecified atom stereocenters. The number of carbonyl (C=O) groups is 2. The average Bonchev–Trinajstić information content (AvgIpc) is 2.68. The molecule has 0 aromatic heterocycles. The molecular weight excluding hydrogens is 332 g/mol. The van der Waals surface area contributed by atoms with E-state index in [1.807, 2.05) is 0 Å². The van der Waals surface area contributed by atoms with Gasteiger partial charge >= 0.3 is 6.09 Å². The number of sulfonamides is 1. The number of ether oxygens (including phenoxy) is 1. The molecule has 1 aromatic rings. The number of halogens is 1. The highest BCUT2D eigenvalue weighted by Crippen LogP contribution is 2.24. The SMILES string of the molecule is O=C1COC(=O)N1C1CN(S(=O)(=O)Cc2cccc(Cl)c2)C1. The van der Waals surface area contributed by atoms with Crippen LogP contribution in [0.1, 0.15) is 5.56 Å². The van der Waals surface area contributed by atoms with Crippen LogP contribution in [0.25, 0.3) is 0 Å². The van der Waals surface area contributed by atoms with Crippen LogP contribution in [0.3, 0.4) is 0 Å². The molecule has 0 bridgehead atoms. The summed E-state index contributed by atoms with van der Waals surface area (Å²) in [5, 5.41) is 0.472. The Hall–Kier alpha value is -1.64. The molecule has 0 atom stereocenters. The van der Waals surface area contributed by atoms with Crippen molar-refractivity contribution >= 4 is 33.6 Å². The first-order valence-corrected chi connectivity index (χ1v) is 8.56. The molecule has 1 aromatic carbocycles. The Balaban J connectivity index is 1.64. The number of imide groups is 1. The topological polar surface area (TPSA) is 84.0 Å². The molecule has 2 amide bonds. The Morgan fingerprint density at radius 3 is 2.59 bits per heavy atom. The summed E-state index contributed by atoms with van der Waals surface area (Å²) in [6.45, 7) is -0.0714. The Morgan fingerprint density at radius 2 is 2.00 bits per heavy atom. The first-order valence-electron chi connectivity index (χ1n) is 6.58. The van der Waals surface area contributed by atoms with Crippen molar-refractivity contribution in [3.8, 4) is 0 Å². The second-order valence-electron chi connectivity index (χ2n) is 5.18. The number of carbonyl (C=O) groups excluding carboxylic acids is 2. The Kier molecular flexibility index (Phi) is 3.84. The van der Waals surface area contributed by atoms with Crippen molar-refractivity contribution in [3.05, 3.63) is 34.9 Å². The molecule has 9 heteroatoms. The molecule has 0 saturated carbocycles. The van der Waals surface area contributed by atoms with E-state index in [2.05, 4.69) is 4.74 Å². The molecule has 2 heterocycles. The lowest BCUT2D eigenvalue weighted by molar-refractivity contribution is -0.128. The number of nitrogens with zero attached hydrogens (tertiary/aromatic N) is 2. The van der Waals surface area contributed by atoms with Gasteiger partial charge < -0.3 is 4.74 Å². The van der Waals surface area contributed by atoms with Crippen LogP contribution in [0.4, 0.5) is 4.79 Å². The lowest BCUT2D eigenvalue weighted by Gasteiger charge is -2.40. The molecule has 22 heavy (non-hydrogen) atoms. The molecule has 0 spiro atoms. The van der Waals surface area contributed by atoms with Crippen molar-refractivity contribution in [2.24, 2.45) is 0 Å². The van der Waals surface area contributed by atoms with Crippen LogP contribution in [0.15, 0.2) is 24.3 Å². The van der Waals surface area contributed by atoms with E-state index in [1.165, 1.54) is 4.31 Å². The quantitative estimate of drug-likeness (QED) is 0.808. The highest BCUT2D eigenvalue weighted by atomic mass is 35.5. The molecule has 3 rings (SSSR count). The first kappa shape index (κ1) is 15.3. The van der Waals surface area contributed by atoms with E-state index in [4.69, 9.17) is 11.6 Å². The maximum atomic E-state index is 12.3. The summed E-state index contributed by atoms with van der Waals surface area (Å²) in [6, 6.07) is 6.18. The Morgan fingerprint density at radius 1 is 1.27 bits per heavy atom. The van der Waals surface area contributed by atoms with Crippen LogP contribution in [-0.4, -0.2) is 55.4 Å². The smallest absolute Gasteiger partial charge is 0.417 e. The summed E-state index contributed by atoms with van der Waals surface area (Å²) < 4.78 is 30.4. The minimum absolute atomic E-state index is 0.101. The third-order valence-corrected chi connectivity index (χ3v) is 5.63. The van der Waals surface area contributed by atoms with Crippen LogP contribution < -0.4 is 0 Å². The fraction of sp³-hybridized carbons (Fsp3) is 0.385. The summed E-state index contributed by atoms with van der Waals surface area (Å²) in [6.07, 6.45) is -0.707. The third kappa shape index (κ3) is 2.81. The van der Waals surface area contributed by atoms with Crippen molar-refractivity contribution < 1.29 is 22.7 Å². The lowest BCUT2D eigenvalue weighted by atomic mass is 10.1. The Labute approximate surface area is 132 Å². The van der Waals surface area contributed by atoms with Gasteiger partial charge in [0.1, 0.15) is 0 Å². The van der Waals surface area contributed by atoms with Crippen LogP contribution in [-0.2, 0) is 25.3 Å². The van der Waals surface area contributed by atoms with Gasteiger partial charge in [0.25, 0.3) is 5.91 Å². The molecule has 2 aliphatic heterocycles. The highest BCUT2D eigenvalue weighted by Gasteiger charge is 2.46. The van der Waals surface area contributed by atoms with Gasteiger partial charge in [-0.05, 0) is 17.7 Å². The van der Waals surface area contributed by atoms with Gasteiger partial charge in [0.15, 0.2) is 6.61 Å². The van der Waals surface area contributed by atoms with Crippen LogP contribution in [0.5, 0.6) is 0 Å². The normalized spacial score (nSPS) is 20.1. The van der Waals surface area contributed by atoms with E-state index in [9.17, 15) is 18.0 Å². The van der Waals surface area contributed by atoms with Gasteiger partial charge in [0.2, 0.25) is 10.0 Å². The summed E-state index contributed by atoms with van der Waals surface area (Å²) >= 11 is 5.84. The molecule has 0 radical (unpaired) electrons. The number of cyclic esters (lactones) is 1. The van der Waals surface area contributed by atoms with E-state index in [1.54, 1.807) is 24.3 Å². The van der Waals surface area contributed by atoms with Gasteiger partial charge in [-0.3, -0.25) is 4.79 Å². The van der Waals surface area contributed by atoms with E-state index in [-0.39, 0.29) is 25.4 Å². The zero-order valence-electron chi connectivity index (χ0n) is 11.4. The molecule has 2 fully saturated rings. The maximum Gasteiger partial charge on any atom is 0.417 e. The zero-order valence-corrected chi connectivity index (χ0v) is 13.0. The van der Waals surface area contributed by atoms with E-state index in [0.717, 1.165) is 4.90 Å². The Bertz CT molecular complexity index is 714. The monoisotopic (exact) mass is 344 g/mol. The van der Waals surface area contributed by atoms with E-state index in [0.29, 0.717) is 10.6 Å². The molecule has 0 N–H and O–H groups in total. The third-order valence-electron chi connectivity index (χ3n) is 3.61. The molecule has 2 aliphatic rings. The fourth-order valence-corrected chi connectivity index (χ4v) is 4.25. The molecule has 7 nitrogen and oxygen atoms in total. The second kappa shape index (κ2) is 5.53. The predicted molar refractivity (Wildman–Crippen MR) is 77.6 cm³/mol. The minimum Gasteiger partial charge on any atom is -0.439 e. The number of hydrogen-bond donors (Lipinski definition) is 0. The van der Waals surface area contributed by atoms with Gasteiger partial charge in [-0.25, -0.2) is 18.1 Å². The largest absolute Gasteiger partial charge is 0.439 e. The summed E-state index contributed by atoms with van der Waals surface area (Å²) in [4.78, 5) is 23.9. The number of rotatable bonds is 4. The van der Waals surface area contributed by atoms with Crippen molar-refractivity contribution in [2.45, 2.75) is 11.8 Å². The van der Waals surface area contributed by atoms with Crippen molar-refractivity contribution in [1.29, 1.82) is 0 Å². The van der Waals surface area contributed by atoms with Gasteiger partial charge in [0.05, 0.1) is 11.8 Å². The molecular formula is C13H13ClN2O5S. The lowest BCUT2D eigenvalue weighted by Crippen LogP contribution is -2.62. The van der Waals surface area contributed by atoms with Crippen molar-refractivity contribution in [1.82, 2.24) is 9.21 Å². The number of benzene rings is 1. The van der Waals surface area contributed by atoms with Gasteiger partial charge in [-0.2, -0.15) is 4.31 Å². The summed E-state index contributed by atoms with van der Waals surface area (Å²) in [5.41, 5.74) is 0.590. The number of hydrogen-bond acceptors (Lipinski definition) is 5. The van der Waals surface area contributed by atoms with Gasteiger partial charge in [0, 0.05) is 18.1 Å². The van der Waals surface area contributed by atoms with Crippen molar-refractivity contribution in [2.75, 3.05) is 19.7 Å². The van der Waals surface area contributed by atoms with E-state index < -0.39 is 28.1 Å². The summed E-state index contributed by atoms with van der Waals surface area (Å²) in [5.74, 6) is -0.597. The van der Waals surface area contributed by atoms with Crippen LogP contribution in [0, 0.1) is 0 Å². The second-order valence-corrected chi connectivity index (χ2v) is 7.58. The maximum absolute atomic E-state index is 12.3. The number of amides is 2. The van der Waals surface area contributed by atoms with Crippen molar-refractivity contribution in [3.63, 3.8) is 0 Å². The molecule has 2 saturated heterocycles. The fourth-order valence-electron chi connectivity index (χ4n) is 2.45. The zero-order chi connectivity index (χ0) is 15.9. The van der Waals surface area contributed by atoms with Crippen LogP contribution in [0.2, 0.25) is 5.02 Å². The van der Waals surface area contributed by atoms with Crippen LogP contribution >= 0.6 is 11.6 Å². The summed E-state index contributed by atoms with van der Waals surface area (Å²) in [7, 11) is -3.51. The predicted octanol–water partition coefficient (Wildman–Crippen LogP) is 0.833. The van der Waals surface area contributed by atoms with Gasteiger partial charge in [-0.1, -0.05) is 23.7 Å². The van der Waals surface area contributed by atoms with Gasteiger partial charge in [-0.15, -0.1) is 0 Å².